The van der Waals surface area contributed by atoms with E-state index < -0.39 is 0 Å². The number of carbonyl (C=O) groups excluding carboxylic acids is 2. The number of nitrogens with zero attached hydrogens (tertiary/aromatic N) is 1. The zero-order chi connectivity index (χ0) is 15.4. The lowest BCUT2D eigenvalue weighted by Crippen LogP contribution is -2.24. The lowest BCUT2D eigenvalue weighted by Gasteiger charge is -2.15. The summed E-state index contributed by atoms with van der Waals surface area (Å²) in [6.45, 7) is 4.42. The van der Waals surface area contributed by atoms with Crippen molar-refractivity contribution in [1.82, 2.24) is 4.90 Å². The first kappa shape index (κ1) is 15.5. The first-order valence-electron chi connectivity index (χ1n) is 7.02. The minimum absolute atomic E-state index is 0.0515. The maximum absolute atomic E-state index is 11.7. The average Bonchev–Trinajstić information content (AvgIpc) is 2.87. The Kier molecular flexibility index (Phi) is 4.96. The molecular weight excluding hydrogens is 270 g/mol. The molecule has 0 amide bonds. The third-order valence-corrected chi connectivity index (χ3v) is 3.97. The molecule has 2 unspecified atom stereocenters. The molecule has 21 heavy (non-hydrogen) atoms. The van der Waals surface area contributed by atoms with Crippen LogP contribution in [0.15, 0.2) is 24.3 Å². The number of hydrogen-bond acceptors (Lipinski definition) is 5. The van der Waals surface area contributed by atoms with Crippen LogP contribution >= 0.6 is 0 Å². The molecule has 0 spiro atoms. The molecule has 1 aromatic carbocycles. The first-order chi connectivity index (χ1) is 10.0. The summed E-state index contributed by atoms with van der Waals surface area (Å²) in [6.07, 6.45) is 0. The summed E-state index contributed by atoms with van der Waals surface area (Å²) in [5.41, 5.74) is 1.66. The van der Waals surface area contributed by atoms with Crippen molar-refractivity contribution in [3.63, 3.8) is 0 Å². The van der Waals surface area contributed by atoms with E-state index in [2.05, 4.69) is 16.6 Å². The minimum atomic E-state index is -0.331. The molecule has 2 rings (SSSR count). The van der Waals surface area contributed by atoms with E-state index in [1.807, 2.05) is 12.1 Å². The summed E-state index contributed by atoms with van der Waals surface area (Å²) in [5, 5.41) is 0. The van der Waals surface area contributed by atoms with Crippen molar-refractivity contribution in [2.75, 3.05) is 27.3 Å². The SMILES string of the molecule is COC(=O)c1ccc(CN2CC(C)C(C(=O)OC)C2)cc1. The molecule has 1 aliphatic heterocycles. The molecule has 1 heterocycles. The lowest BCUT2D eigenvalue weighted by atomic mass is 9.99. The van der Waals surface area contributed by atoms with Crippen LogP contribution in [0.2, 0.25) is 0 Å². The van der Waals surface area contributed by atoms with Gasteiger partial charge in [-0.05, 0) is 23.6 Å². The number of rotatable bonds is 4. The Morgan fingerprint density at radius 3 is 2.38 bits per heavy atom. The van der Waals surface area contributed by atoms with E-state index in [-0.39, 0.29) is 17.9 Å². The fourth-order valence-electron chi connectivity index (χ4n) is 2.78. The van der Waals surface area contributed by atoms with Gasteiger partial charge in [-0.1, -0.05) is 19.1 Å². The molecule has 1 aromatic rings. The van der Waals surface area contributed by atoms with E-state index in [1.165, 1.54) is 14.2 Å². The average molecular weight is 291 g/mol. The predicted octanol–water partition coefficient (Wildman–Crippen LogP) is 1.71. The van der Waals surface area contributed by atoms with E-state index in [0.717, 1.165) is 18.7 Å². The zero-order valence-electron chi connectivity index (χ0n) is 12.7. The van der Waals surface area contributed by atoms with Crippen LogP contribution in [0.25, 0.3) is 0 Å². The Labute approximate surface area is 124 Å². The fraction of sp³-hybridized carbons (Fsp3) is 0.500. The second kappa shape index (κ2) is 6.72. The molecule has 5 nitrogen and oxygen atoms in total. The number of hydrogen-bond donors (Lipinski definition) is 0. The van der Waals surface area contributed by atoms with Crippen LogP contribution in [-0.4, -0.2) is 44.1 Å². The van der Waals surface area contributed by atoms with Gasteiger partial charge < -0.3 is 9.47 Å². The Morgan fingerprint density at radius 1 is 1.14 bits per heavy atom. The van der Waals surface area contributed by atoms with Gasteiger partial charge in [0.15, 0.2) is 0 Å². The lowest BCUT2D eigenvalue weighted by molar-refractivity contribution is -0.146. The molecule has 1 aliphatic rings. The number of methoxy groups -OCH3 is 2. The van der Waals surface area contributed by atoms with Gasteiger partial charge in [-0.25, -0.2) is 4.79 Å². The van der Waals surface area contributed by atoms with Crippen molar-refractivity contribution in [2.24, 2.45) is 11.8 Å². The molecule has 114 valence electrons. The number of carbonyl (C=O) groups is 2. The maximum atomic E-state index is 11.7. The molecule has 2 atom stereocenters. The quantitative estimate of drug-likeness (QED) is 0.791. The second-order valence-electron chi connectivity index (χ2n) is 5.49. The highest BCUT2D eigenvalue weighted by Crippen LogP contribution is 2.25. The molecule has 1 fully saturated rings. The van der Waals surface area contributed by atoms with E-state index >= 15 is 0 Å². The molecule has 0 radical (unpaired) electrons. The molecule has 0 N–H and O–H groups in total. The first-order valence-corrected chi connectivity index (χ1v) is 7.02. The van der Waals surface area contributed by atoms with Gasteiger partial charge in [0.05, 0.1) is 25.7 Å². The number of likely N-dealkylation sites (tertiary alicyclic amines) is 1. The summed E-state index contributed by atoms with van der Waals surface area (Å²) in [5.74, 6) is -0.218. The van der Waals surface area contributed by atoms with Crippen molar-refractivity contribution in [3.05, 3.63) is 35.4 Å². The van der Waals surface area contributed by atoms with Gasteiger partial charge >= 0.3 is 11.9 Å². The van der Waals surface area contributed by atoms with Gasteiger partial charge in [0.1, 0.15) is 0 Å². The van der Waals surface area contributed by atoms with Crippen molar-refractivity contribution < 1.29 is 19.1 Å². The van der Waals surface area contributed by atoms with E-state index in [4.69, 9.17) is 4.74 Å². The van der Waals surface area contributed by atoms with Gasteiger partial charge in [-0.15, -0.1) is 0 Å². The molecule has 0 aliphatic carbocycles. The van der Waals surface area contributed by atoms with Crippen LogP contribution in [0.5, 0.6) is 0 Å². The normalized spacial score (nSPS) is 22.0. The summed E-state index contributed by atoms with van der Waals surface area (Å²) in [6, 6.07) is 7.36. The number of benzene rings is 1. The van der Waals surface area contributed by atoms with Crippen molar-refractivity contribution in [2.45, 2.75) is 13.5 Å². The molecule has 0 aromatic heterocycles. The largest absolute Gasteiger partial charge is 0.469 e. The Morgan fingerprint density at radius 2 is 1.81 bits per heavy atom. The number of ether oxygens (including phenoxy) is 2. The summed E-state index contributed by atoms with van der Waals surface area (Å²) >= 11 is 0. The van der Waals surface area contributed by atoms with Gasteiger partial charge in [-0.3, -0.25) is 9.69 Å². The topological polar surface area (TPSA) is 55.8 Å². The molecule has 0 bridgehead atoms. The minimum Gasteiger partial charge on any atom is -0.469 e. The van der Waals surface area contributed by atoms with Crippen LogP contribution in [-0.2, 0) is 20.8 Å². The molecular formula is C16H21NO4. The van der Waals surface area contributed by atoms with E-state index in [0.29, 0.717) is 18.0 Å². The smallest absolute Gasteiger partial charge is 0.337 e. The predicted molar refractivity (Wildman–Crippen MR) is 77.7 cm³/mol. The van der Waals surface area contributed by atoms with Gasteiger partial charge in [-0.2, -0.15) is 0 Å². The van der Waals surface area contributed by atoms with Crippen LogP contribution in [0.3, 0.4) is 0 Å². The summed E-state index contributed by atoms with van der Waals surface area (Å²) < 4.78 is 9.52. The van der Waals surface area contributed by atoms with Gasteiger partial charge in [0.2, 0.25) is 0 Å². The zero-order valence-corrected chi connectivity index (χ0v) is 12.7. The van der Waals surface area contributed by atoms with Crippen molar-refractivity contribution in [3.8, 4) is 0 Å². The Hall–Kier alpha value is -1.88. The van der Waals surface area contributed by atoms with Crippen LogP contribution in [0, 0.1) is 11.8 Å². The number of esters is 2. The van der Waals surface area contributed by atoms with Crippen LogP contribution in [0.4, 0.5) is 0 Å². The molecule has 5 heteroatoms. The Balaban J connectivity index is 1.97. The summed E-state index contributed by atoms with van der Waals surface area (Å²) in [4.78, 5) is 25.3. The van der Waals surface area contributed by atoms with Gasteiger partial charge in [0.25, 0.3) is 0 Å². The fourth-order valence-corrected chi connectivity index (χ4v) is 2.78. The Bertz CT molecular complexity index is 512. The standard InChI is InChI=1S/C16H21NO4/c1-11-8-17(10-14(11)16(19)21-3)9-12-4-6-13(7-5-12)15(18)20-2/h4-7,11,14H,8-10H2,1-3H3. The third-order valence-electron chi connectivity index (χ3n) is 3.97. The molecule has 1 saturated heterocycles. The second-order valence-corrected chi connectivity index (χ2v) is 5.49. The molecule has 0 saturated carbocycles. The maximum Gasteiger partial charge on any atom is 0.337 e. The monoisotopic (exact) mass is 291 g/mol. The summed E-state index contributed by atoms with van der Waals surface area (Å²) in [7, 11) is 2.80. The highest BCUT2D eigenvalue weighted by atomic mass is 16.5. The highest BCUT2D eigenvalue weighted by molar-refractivity contribution is 5.89. The van der Waals surface area contributed by atoms with Crippen molar-refractivity contribution >= 4 is 11.9 Å². The van der Waals surface area contributed by atoms with Crippen molar-refractivity contribution in [1.29, 1.82) is 0 Å². The van der Waals surface area contributed by atoms with Crippen LogP contribution < -0.4 is 0 Å². The van der Waals surface area contributed by atoms with E-state index in [1.54, 1.807) is 12.1 Å². The third kappa shape index (κ3) is 3.61. The van der Waals surface area contributed by atoms with Gasteiger partial charge in [0, 0.05) is 19.6 Å². The van der Waals surface area contributed by atoms with Crippen LogP contribution in [0.1, 0.15) is 22.8 Å². The van der Waals surface area contributed by atoms with E-state index in [9.17, 15) is 9.59 Å². The highest BCUT2D eigenvalue weighted by Gasteiger charge is 2.35.